The summed E-state index contributed by atoms with van der Waals surface area (Å²) < 4.78 is 0. The fourth-order valence-corrected chi connectivity index (χ4v) is 3.19. The van der Waals surface area contributed by atoms with E-state index in [1.54, 1.807) is 0 Å². The summed E-state index contributed by atoms with van der Waals surface area (Å²) in [6, 6.07) is 16.5. The molecule has 0 bridgehead atoms. The molecule has 0 spiro atoms. The summed E-state index contributed by atoms with van der Waals surface area (Å²) in [7, 11) is 0. The lowest BCUT2D eigenvalue weighted by atomic mass is 9.87. The van der Waals surface area contributed by atoms with Crippen LogP contribution in [0.4, 0.5) is 0 Å². The van der Waals surface area contributed by atoms with Crippen molar-refractivity contribution < 1.29 is 5.11 Å². The van der Waals surface area contributed by atoms with E-state index >= 15 is 0 Å². The third-order valence-corrected chi connectivity index (χ3v) is 4.13. The van der Waals surface area contributed by atoms with Gasteiger partial charge in [0.05, 0.1) is 0 Å². The minimum atomic E-state index is -0.729. The van der Waals surface area contributed by atoms with E-state index in [-0.39, 0.29) is 0 Å². The predicted octanol–water partition coefficient (Wildman–Crippen LogP) is 3.31. The first-order valence-electron chi connectivity index (χ1n) is 6.23. The summed E-state index contributed by atoms with van der Waals surface area (Å²) in [6.45, 7) is 0. The van der Waals surface area contributed by atoms with Crippen LogP contribution in [0.2, 0.25) is 0 Å². The van der Waals surface area contributed by atoms with Crippen LogP contribution in [0.3, 0.4) is 0 Å². The Morgan fingerprint density at radius 1 is 0.824 bits per heavy atom. The second-order valence-corrected chi connectivity index (χ2v) is 5.13. The lowest BCUT2D eigenvalue weighted by Gasteiger charge is -2.25. The summed E-state index contributed by atoms with van der Waals surface area (Å²) in [6.07, 6.45) is 2.28. The van der Waals surface area contributed by atoms with Gasteiger partial charge in [0, 0.05) is 0 Å². The minimum absolute atomic E-state index is 0.410. The standard InChI is InChI=1S/C16H14O/c17-16(11-9-10-11)14-7-3-1-5-12(14)13-6-2-4-8-15(13)16/h1-8,11,17H,9-10H2. The van der Waals surface area contributed by atoms with E-state index in [2.05, 4.69) is 24.3 Å². The Bertz CT molecular complexity index is 550. The molecular formula is C16H14O. The van der Waals surface area contributed by atoms with Crippen molar-refractivity contribution in [2.75, 3.05) is 0 Å². The predicted molar refractivity (Wildman–Crippen MR) is 67.6 cm³/mol. The van der Waals surface area contributed by atoms with Crippen LogP contribution in [0.1, 0.15) is 24.0 Å². The van der Waals surface area contributed by atoms with Gasteiger partial charge >= 0.3 is 0 Å². The Hall–Kier alpha value is -1.60. The van der Waals surface area contributed by atoms with Gasteiger partial charge in [0.25, 0.3) is 0 Å². The Balaban J connectivity index is 2.09. The Morgan fingerprint density at radius 3 is 1.76 bits per heavy atom. The van der Waals surface area contributed by atoms with E-state index in [9.17, 15) is 5.11 Å². The van der Waals surface area contributed by atoms with Crippen molar-refractivity contribution in [3.8, 4) is 11.1 Å². The summed E-state index contributed by atoms with van der Waals surface area (Å²) in [5.74, 6) is 0.410. The first kappa shape index (κ1) is 9.43. The van der Waals surface area contributed by atoms with Crippen molar-refractivity contribution in [3.63, 3.8) is 0 Å². The fraction of sp³-hybridized carbons (Fsp3) is 0.250. The van der Waals surface area contributed by atoms with Crippen LogP contribution < -0.4 is 0 Å². The van der Waals surface area contributed by atoms with Gasteiger partial charge in [-0.1, -0.05) is 48.5 Å². The van der Waals surface area contributed by atoms with Crippen LogP contribution in [0.25, 0.3) is 11.1 Å². The molecule has 2 aliphatic carbocycles. The second kappa shape index (κ2) is 2.99. The first-order valence-corrected chi connectivity index (χ1v) is 6.23. The molecule has 2 aromatic carbocycles. The minimum Gasteiger partial charge on any atom is -0.380 e. The van der Waals surface area contributed by atoms with Crippen LogP contribution >= 0.6 is 0 Å². The van der Waals surface area contributed by atoms with E-state index in [1.165, 1.54) is 11.1 Å². The highest BCUT2D eigenvalue weighted by atomic mass is 16.3. The summed E-state index contributed by atoms with van der Waals surface area (Å²) in [5.41, 5.74) is 3.88. The number of benzene rings is 2. The SMILES string of the molecule is OC1(C2CC2)c2ccccc2-c2ccccc21. The molecule has 1 heteroatoms. The van der Waals surface area contributed by atoms with Gasteiger partial charge in [-0.15, -0.1) is 0 Å². The van der Waals surface area contributed by atoms with Crippen molar-refractivity contribution >= 4 is 0 Å². The lowest BCUT2D eigenvalue weighted by molar-refractivity contribution is 0.0612. The van der Waals surface area contributed by atoms with Crippen molar-refractivity contribution in [2.45, 2.75) is 18.4 Å². The van der Waals surface area contributed by atoms with Gasteiger partial charge in [0.2, 0.25) is 0 Å². The molecule has 0 amide bonds. The lowest BCUT2D eigenvalue weighted by Crippen LogP contribution is -2.27. The van der Waals surface area contributed by atoms with Crippen molar-refractivity contribution in [1.29, 1.82) is 0 Å². The number of rotatable bonds is 1. The van der Waals surface area contributed by atoms with E-state index in [4.69, 9.17) is 0 Å². The summed E-state index contributed by atoms with van der Waals surface area (Å²) >= 11 is 0. The number of fused-ring (bicyclic) bond motifs is 3. The van der Waals surface area contributed by atoms with Gasteiger partial charge in [0.1, 0.15) is 5.60 Å². The van der Waals surface area contributed by atoms with E-state index in [1.807, 2.05) is 24.3 Å². The Labute approximate surface area is 101 Å². The molecule has 4 rings (SSSR count). The molecule has 1 fully saturated rings. The van der Waals surface area contributed by atoms with Gasteiger partial charge in [-0.05, 0) is 41.0 Å². The molecule has 2 aliphatic rings. The van der Waals surface area contributed by atoms with Gasteiger partial charge in [0.15, 0.2) is 0 Å². The molecule has 17 heavy (non-hydrogen) atoms. The molecule has 0 radical (unpaired) electrons. The smallest absolute Gasteiger partial charge is 0.119 e. The van der Waals surface area contributed by atoms with Crippen LogP contribution in [0.15, 0.2) is 48.5 Å². The zero-order valence-electron chi connectivity index (χ0n) is 9.56. The third kappa shape index (κ3) is 1.07. The highest BCUT2D eigenvalue weighted by Crippen LogP contribution is 2.57. The van der Waals surface area contributed by atoms with Crippen molar-refractivity contribution in [2.24, 2.45) is 5.92 Å². The van der Waals surface area contributed by atoms with Crippen LogP contribution in [0.5, 0.6) is 0 Å². The largest absolute Gasteiger partial charge is 0.380 e. The van der Waals surface area contributed by atoms with Crippen LogP contribution in [0, 0.1) is 5.92 Å². The maximum Gasteiger partial charge on any atom is 0.119 e. The molecule has 84 valence electrons. The Morgan fingerprint density at radius 2 is 1.29 bits per heavy atom. The monoisotopic (exact) mass is 222 g/mol. The van der Waals surface area contributed by atoms with E-state index in [0.29, 0.717) is 5.92 Å². The highest BCUT2D eigenvalue weighted by molar-refractivity contribution is 5.80. The molecule has 0 heterocycles. The van der Waals surface area contributed by atoms with E-state index < -0.39 is 5.60 Å². The van der Waals surface area contributed by atoms with Crippen molar-refractivity contribution in [1.82, 2.24) is 0 Å². The topological polar surface area (TPSA) is 20.2 Å². The van der Waals surface area contributed by atoms with Crippen molar-refractivity contribution in [3.05, 3.63) is 59.7 Å². The molecular weight excluding hydrogens is 208 g/mol. The average Bonchev–Trinajstić information content (AvgIpc) is 3.20. The second-order valence-electron chi connectivity index (χ2n) is 5.13. The Kier molecular flexibility index (Phi) is 1.66. The number of hydrogen-bond donors (Lipinski definition) is 1. The van der Waals surface area contributed by atoms with Gasteiger partial charge in [-0.2, -0.15) is 0 Å². The zero-order chi connectivity index (χ0) is 11.5. The molecule has 0 aliphatic heterocycles. The average molecular weight is 222 g/mol. The normalized spacial score (nSPS) is 19.8. The molecule has 0 saturated heterocycles. The maximum atomic E-state index is 11.1. The maximum absolute atomic E-state index is 11.1. The van der Waals surface area contributed by atoms with Gasteiger partial charge in [-0.25, -0.2) is 0 Å². The highest BCUT2D eigenvalue weighted by Gasteiger charge is 2.51. The van der Waals surface area contributed by atoms with E-state index in [0.717, 1.165) is 24.0 Å². The number of hydrogen-bond acceptors (Lipinski definition) is 1. The number of aliphatic hydroxyl groups is 1. The quantitative estimate of drug-likeness (QED) is 0.784. The molecule has 1 N–H and O–H groups in total. The summed E-state index contributed by atoms with van der Waals surface area (Å²) in [5, 5.41) is 11.1. The molecule has 2 aromatic rings. The molecule has 1 nitrogen and oxygen atoms in total. The van der Waals surface area contributed by atoms with Crippen LogP contribution in [-0.4, -0.2) is 5.11 Å². The fourth-order valence-electron chi connectivity index (χ4n) is 3.19. The molecule has 0 atom stereocenters. The molecule has 0 unspecified atom stereocenters. The van der Waals surface area contributed by atoms with Gasteiger partial charge in [-0.3, -0.25) is 0 Å². The molecule has 0 aromatic heterocycles. The summed E-state index contributed by atoms with van der Waals surface area (Å²) in [4.78, 5) is 0. The van der Waals surface area contributed by atoms with Gasteiger partial charge < -0.3 is 5.11 Å². The third-order valence-electron chi connectivity index (χ3n) is 4.13. The zero-order valence-corrected chi connectivity index (χ0v) is 9.56. The first-order chi connectivity index (χ1) is 8.32. The van der Waals surface area contributed by atoms with Crippen LogP contribution in [-0.2, 0) is 5.60 Å². The molecule has 1 saturated carbocycles.